The summed E-state index contributed by atoms with van der Waals surface area (Å²) in [6, 6.07) is 3.65. The lowest BCUT2D eigenvalue weighted by molar-refractivity contribution is -0.136. The number of ether oxygens (including phenoxy) is 1. The van der Waals surface area contributed by atoms with E-state index in [1.54, 1.807) is 23.5 Å². The average molecular weight is 455 g/mol. The fourth-order valence-electron chi connectivity index (χ4n) is 3.92. The van der Waals surface area contributed by atoms with Gasteiger partial charge in [-0.25, -0.2) is 9.97 Å². The van der Waals surface area contributed by atoms with Crippen LogP contribution in [0.4, 0.5) is 17.2 Å². The van der Waals surface area contributed by atoms with Gasteiger partial charge in [-0.15, -0.1) is 11.3 Å². The summed E-state index contributed by atoms with van der Waals surface area (Å²) < 4.78 is 5.95. The van der Waals surface area contributed by atoms with Crippen molar-refractivity contribution in [2.75, 3.05) is 17.6 Å². The van der Waals surface area contributed by atoms with Gasteiger partial charge in [0, 0.05) is 34.5 Å². The Balaban J connectivity index is 1.70. The van der Waals surface area contributed by atoms with E-state index in [9.17, 15) is 4.79 Å². The quantitative estimate of drug-likeness (QED) is 0.257. The predicted molar refractivity (Wildman–Crippen MR) is 127 cm³/mol. The molecule has 0 radical (unpaired) electrons. The molecule has 0 fully saturated rings. The van der Waals surface area contributed by atoms with Crippen molar-refractivity contribution in [2.24, 2.45) is 0 Å². The molecule has 1 aliphatic rings. The summed E-state index contributed by atoms with van der Waals surface area (Å²) >= 11 is 1.62. The van der Waals surface area contributed by atoms with Crippen molar-refractivity contribution < 1.29 is 14.6 Å². The summed E-state index contributed by atoms with van der Waals surface area (Å²) in [6.07, 6.45) is 5.14. The van der Waals surface area contributed by atoms with Crippen LogP contribution < -0.4 is 21.1 Å². The third-order valence-electron chi connectivity index (χ3n) is 5.34. The molecule has 2 aromatic heterocycles. The average Bonchev–Trinajstić information content (AvgIpc) is 3.12. The highest BCUT2D eigenvalue weighted by Crippen LogP contribution is 2.40. The molecule has 0 bridgehead atoms. The lowest BCUT2D eigenvalue weighted by Gasteiger charge is -2.23. The Hall–Kier alpha value is -3.24. The molecule has 1 aromatic carbocycles. The van der Waals surface area contributed by atoms with Gasteiger partial charge in [-0.1, -0.05) is 0 Å². The lowest BCUT2D eigenvalue weighted by atomic mass is 9.93. The molecule has 32 heavy (non-hydrogen) atoms. The van der Waals surface area contributed by atoms with Crippen LogP contribution in [0.3, 0.4) is 0 Å². The van der Waals surface area contributed by atoms with E-state index in [4.69, 9.17) is 21.0 Å². The number of aromatic nitrogens is 2. The van der Waals surface area contributed by atoms with Gasteiger partial charge < -0.3 is 31.6 Å². The van der Waals surface area contributed by atoms with Crippen molar-refractivity contribution in [3.05, 3.63) is 34.5 Å². The monoisotopic (exact) mass is 454 g/mol. The van der Waals surface area contributed by atoms with Crippen molar-refractivity contribution >= 4 is 50.9 Å². The van der Waals surface area contributed by atoms with E-state index < -0.39 is 5.97 Å². The van der Waals surface area contributed by atoms with Crippen molar-refractivity contribution in [2.45, 2.75) is 45.3 Å². The van der Waals surface area contributed by atoms with E-state index in [0.717, 1.165) is 29.5 Å². The zero-order valence-electron chi connectivity index (χ0n) is 17.9. The van der Waals surface area contributed by atoms with Gasteiger partial charge in [0.2, 0.25) is 0 Å². The zero-order valence-corrected chi connectivity index (χ0v) is 18.8. The number of carbonyl (C=O) groups is 1. The molecule has 1 atom stereocenters. The number of rotatable bonds is 8. The summed E-state index contributed by atoms with van der Waals surface area (Å²) in [5.74, 6) is 0.423. The Morgan fingerprint density at radius 2 is 2.25 bits per heavy atom. The molecule has 0 amide bonds. The first-order valence-corrected chi connectivity index (χ1v) is 11.3. The van der Waals surface area contributed by atoms with Crippen LogP contribution in [0.25, 0.3) is 10.2 Å². The minimum Gasteiger partial charge on any atom is -0.489 e. The third-order valence-corrected chi connectivity index (χ3v) is 6.51. The molecular formula is C22H26N6O3S. The molecule has 0 saturated heterocycles. The first-order chi connectivity index (χ1) is 15.4. The number of nitrogens with two attached hydrogens (primary N) is 1. The number of fused-ring (bicyclic) bond motifs is 3. The molecule has 1 unspecified atom stereocenters. The Bertz CT molecular complexity index is 1180. The van der Waals surface area contributed by atoms with Crippen LogP contribution >= 0.6 is 11.3 Å². The minimum atomic E-state index is -0.850. The largest absolute Gasteiger partial charge is 0.489 e. The van der Waals surface area contributed by atoms with Crippen LogP contribution in [0.15, 0.2) is 18.5 Å². The van der Waals surface area contributed by atoms with Crippen molar-refractivity contribution in [3.63, 3.8) is 0 Å². The fourth-order valence-corrected chi connectivity index (χ4v) is 5.19. The van der Waals surface area contributed by atoms with Gasteiger partial charge in [-0.3, -0.25) is 4.79 Å². The van der Waals surface area contributed by atoms with Crippen LogP contribution in [0.1, 0.15) is 36.3 Å². The number of aliphatic carboxylic acids is 1. The smallest absolute Gasteiger partial charge is 0.317 e. The second kappa shape index (κ2) is 9.09. The Morgan fingerprint density at radius 1 is 1.44 bits per heavy atom. The molecule has 1 aliphatic carbocycles. The number of hydrogen-bond donors (Lipinski definition) is 5. The number of carboxylic acid groups (broad SMARTS) is 1. The van der Waals surface area contributed by atoms with E-state index >= 15 is 0 Å². The second-order valence-electron chi connectivity index (χ2n) is 8.03. The Labute approximate surface area is 189 Å². The molecular weight excluding hydrogens is 428 g/mol. The van der Waals surface area contributed by atoms with Gasteiger partial charge in [0.25, 0.3) is 0 Å². The topological polar surface area (TPSA) is 146 Å². The van der Waals surface area contributed by atoms with Gasteiger partial charge in [-0.2, -0.15) is 0 Å². The normalized spacial score (nSPS) is 15.5. The zero-order chi connectivity index (χ0) is 22.8. The molecule has 3 aromatic rings. The van der Waals surface area contributed by atoms with Crippen LogP contribution in [0.5, 0.6) is 5.75 Å². The number of nitrogen functional groups attached to an aromatic ring is 1. The summed E-state index contributed by atoms with van der Waals surface area (Å²) in [6.45, 7) is 3.84. The molecule has 0 aliphatic heterocycles. The SMILES string of the molecule is CC(C)Oc1cc(N)c(C=N)cc1Nc1ncnc2sc3c(c12)CCC(NCC(=O)O)C3. The maximum atomic E-state index is 10.9. The maximum absolute atomic E-state index is 10.9. The van der Waals surface area contributed by atoms with E-state index in [2.05, 4.69) is 20.6 Å². The number of hydrogen-bond acceptors (Lipinski definition) is 9. The fraction of sp³-hybridized carbons (Fsp3) is 0.364. The van der Waals surface area contributed by atoms with Crippen molar-refractivity contribution in [1.82, 2.24) is 15.3 Å². The Kier molecular flexibility index (Phi) is 6.24. The highest BCUT2D eigenvalue weighted by Gasteiger charge is 2.25. The molecule has 4 rings (SSSR count). The standard InChI is InChI=1S/C22H26N6O3S/c1-11(2)31-17-7-15(24)12(8-23)5-16(17)28-21-20-14-4-3-13(25-9-19(29)30)6-18(14)32-22(20)27-10-26-21/h5,7-8,10-11,13,23,25H,3-4,6,9,24H2,1-2H3,(H,29,30)(H,26,27,28). The highest BCUT2D eigenvalue weighted by molar-refractivity contribution is 7.19. The van der Waals surface area contributed by atoms with E-state index in [-0.39, 0.29) is 18.7 Å². The number of carboxylic acids is 1. The third kappa shape index (κ3) is 4.51. The number of benzene rings is 1. The summed E-state index contributed by atoms with van der Waals surface area (Å²) in [5.41, 5.74) is 9.02. The highest BCUT2D eigenvalue weighted by atomic mass is 32.1. The molecule has 10 heteroatoms. The van der Waals surface area contributed by atoms with Gasteiger partial charge in [0.1, 0.15) is 22.7 Å². The number of nitrogens with one attached hydrogen (secondary N) is 3. The molecule has 9 nitrogen and oxygen atoms in total. The number of thiophene rings is 1. The number of anilines is 3. The van der Waals surface area contributed by atoms with Crippen molar-refractivity contribution in [1.29, 1.82) is 5.41 Å². The molecule has 2 heterocycles. The molecule has 168 valence electrons. The molecule has 6 N–H and O–H groups in total. The van der Waals surface area contributed by atoms with E-state index in [1.807, 2.05) is 13.8 Å². The van der Waals surface area contributed by atoms with Gasteiger partial charge in [0.05, 0.1) is 23.7 Å². The summed E-state index contributed by atoms with van der Waals surface area (Å²) in [5, 5.41) is 24.1. The first kappa shape index (κ1) is 22.0. The lowest BCUT2D eigenvalue weighted by Crippen LogP contribution is -2.37. The van der Waals surface area contributed by atoms with Crippen LogP contribution in [-0.4, -0.2) is 45.9 Å². The maximum Gasteiger partial charge on any atom is 0.317 e. The van der Waals surface area contributed by atoms with E-state index in [1.165, 1.54) is 23.0 Å². The van der Waals surface area contributed by atoms with Gasteiger partial charge >= 0.3 is 5.97 Å². The van der Waals surface area contributed by atoms with Crippen LogP contribution in [0.2, 0.25) is 0 Å². The Morgan fingerprint density at radius 3 is 2.97 bits per heavy atom. The summed E-state index contributed by atoms with van der Waals surface area (Å²) in [7, 11) is 0. The second-order valence-corrected chi connectivity index (χ2v) is 9.12. The minimum absolute atomic E-state index is 0.0391. The number of nitrogens with zero attached hydrogens (tertiary/aromatic N) is 2. The molecule has 0 spiro atoms. The molecule has 0 saturated carbocycles. The van der Waals surface area contributed by atoms with Gasteiger partial charge in [0.15, 0.2) is 0 Å². The van der Waals surface area contributed by atoms with E-state index in [0.29, 0.717) is 28.5 Å². The van der Waals surface area contributed by atoms with Gasteiger partial charge in [-0.05, 0) is 44.7 Å². The summed E-state index contributed by atoms with van der Waals surface area (Å²) in [4.78, 5) is 22.0. The van der Waals surface area contributed by atoms with Crippen molar-refractivity contribution in [3.8, 4) is 5.75 Å². The first-order valence-electron chi connectivity index (χ1n) is 10.4. The predicted octanol–water partition coefficient (Wildman–Crippen LogP) is 3.33. The van der Waals surface area contributed by atoms with Crippen LogP contribution in [0, 0.1) is 5.41 Å². The number of aryl methyl sites for hydroxylation is 1. The van der Waals surface area contributed by atoms with Crippen LogP contribution in [-0.2, 0) is 17.6 Å².